The fraction of sp³-hybridized carbons (Fsp3) is 0.722. The second kappa shape index (κ2) is 7.73. The lowest BCUT2D eigenvalue weighted by molar-refractivity contribution is -0.138. The van der Waals surface area contributed by atoms with Crippen molar-refractivity contribution in [3.63, 3.8) is 0 Å². The van der Waals surface area contributed by atoms with E-state index >= 15 is 0 Å². The van der Waals surface area contributed by atoms with Crippen molar-refractivity contribution in [1.82, 2.24) is 10.2 Å². The van der Waals surface area contributed by atoms with Crippen molar-refractivity contribution < 1.29 is 9.53 Å². The van der Waals surface area contributed by atoms with Crippen molar-refractivity contribution in [3.8, 4) is 0 Å². The van der Waals surface area contributed by atoms with Crippen LogP contribution in [-0.2, 0) is 16.1 Å². The number of carbonyl (C=O) groups is 1. The number of thiophene rings is 1. The molecule has 134 valence electrons. The quantitative estimate of drug-likeness (QED) is 0.802. The van der Waals surface area contributed by atoms with Gasteiger partial charge in [0.25, 0.3) is 0 Å². The number of amides is 1. The number of hydrogen-bond donors (Lipinski definition) is 1. The molecular formula is C18H27ClN2O2S. The third-order valence-electron chi connectivity index (χ3n) is 5.65. The summed E-state index contributed by atoms with van der Waals surface area (Å²) in [6, 6.07) is 2.55. The van der Waals surface area contributed by atoms with Crippen molar-refractivity contribution in [2.24, 2.45) is 11.3 Å². The molecule has 2 heterocycles. The molecule has 2 saturated carbocycles. The van der Waals surface area contributed by atoms with Crippen molar-refractivity contribution >= 4 is 29.7 Å². The lowest BCUT2D eigenvalue weighted by Crippen LogP contribution is -2.40. The molecule has 4 rings (SSSR count). The van der Waals surface area contributed by atoms with E-state index in [4.69, 9.17) is 4.74 Å². The normalized spacial score (nSPS) is 24.4. The minimum absolute atomic E-state index is 0. The zero-order valence-electron chi connectivity index (χ0n) is 14.0. The molecule has 3 aliphatic rings. The first-order valence-corrected chi connectivity index (χ1v) is 9.80. The van der Waals surface area contributed by atoms with Crippen molar-refractivity contribution in [2.45, 2.75) is 44.7 Å². The number of piperidine rings is 1. The second-order valence-electron chi connectivity index (χ2n) is 7.44. The zero-order valence-corrected chi connectivity index (χ0v) is 15.7. The summed E-state index contributed by atoms with van der Waals surface area (Å²) in [5.41, 5.74) is 1.63. The van der Waals surface area contributed by atoms with Gasteiger partial charge in [-0.25, -0.2) is 0 Å². The average Bonchev–Trinajstić information content (AvgIpc) is 3.45. The molecule has 1 aromatic rings. The summed E-state index contributed by atoms with van der Waals surface area (Å²) in [5, 5.41) is 7.69. The van der Waals surface area contributed by atoms with Crippen LogP contribution in [0.5, 0.6) is 0 Å². The number of nitrogens with one attached hydrogen (secondary N) is 1. The van der Waals surface area contributed by atoms with Gasteiger partial charge >= 0.3 is 0 Å². The van der Waals surface area contributed by atoms with Gasteiger partial charge in [0.1, 0.15) is 6.61 Å². The molecule has 0 bridgehead atoms. The molecule has 1 aliphatic heterocycles. The van der Waals surface area contributed by atoms with Gasteiger partial charge in [0.2, 0.25) is 5.91 Å². The number of hydrogen-bond acceptors (Lipinski definition) is 4. The number of ether oxygens (including phenoxy) is 1. The lowest BCUT2D eigenvalue weighted by Gasteiger charge is -2.29. The maximum Gasteiger partial charge on any atom is 0.249 e. The Balaban J connectivity index is 0.00000169. The number of carbonyl (C=O) groups excluding carboxylic acids is 1. The monoisotopic (exact) mass is 370 g/mol. The minimum atomic E-state index is 0. The van der Waals surface area contributed by atoms with Crippen molar-refractivity contribution in [1.29, 1.82) is 0 Å². The Labute approximate surface area is 154 Å². The highest BCUT2D eigenvalue weighted by molar-refractivity contribution is 7.07. The summed E-state index contributed by atoms with van der Waals surface area (Å²) in [4.78, 5) is 14.9. The predicted octanol–water partition coefficient (Wildman–Crippen LogP) is 3.07. The maximum absolute atomic E-state index is 12.8. The number of halogens is 1. The lowest BCUT2D eigenvalue weighted by atomic mass is 9.93. The third kappa shape index (κ3) is 4.13. The Morgan fingerprint density at radius 1 is 1.38 bits per heavy atom. The first kappa shape index (κ1) is 18.2. The van der Waals surface area contributed by atoms with E-state index in [0.29, 0.717) is 17.4 Å². The number of nitrogens with zero attached hydrogens (tertiary/aromatic N) is 1. The topological polar surface area (TPSA) is 41.6 Å². The molecule has 1 saturated heterocycles. The molecule has 1 amide bonds. The maximum atomic E-state index is 12.8. The van der Waals surface area contributed by atoms with Gasteiger partial charge in [0, 0.05) is 12.6 Å². The van der Waals surface area contributed by atoms with Crippen LogP contribution in [0.15, 0.2) is 16.8 Å². The Morgan fingerprint density at radius 3 is 2.83 bits per heavy atom. The molecule has 4 nitrogen and oxygen atoms in total. The zero-order chi connectivity index (χ0) is 15.7. The smallest absolute Gasteiger partial charge is 0.249 e. The van der Waals surface area contributed by atoms with Crippen LogP contribution < -0.4 is 5.32 Å². The highest BCUT2D eigenvalue weighted by atomic mass is 35.5. The second-order valence-corrected chi connectivity index (χ2v) is 8.22. The van der Waals surface area contributed by atoms with E-state index < -0.39 is 0 Å². The first-order valence-electron chi connectivity index (χ1n) is 8.86. The van der Waals surface area contributed by atoms with Gasteiger partial charge in [-0.05, 0) is 78.9 Å². The SMILES string of the molecule is Cl.O=C(COCC1CC1)N(Cc1ccsc1)C1CC12CCNCC2. The van der Waals surface area contributed by atoms with Crippen LogP contribution in [0.3, 0.4) is 0 Å². The standard InChI is InChI=1S/C18H26N2O2S.ClH/c21-17(12-22-11-14-1-2-14)20(10-15-3-8-23-13-15)16-9-18(16)4-6-19-7-5-18;/h3,8,13-14,16,19H,1-2,4-7,9-12H2;1H. The van der Waals surface area contributed by atoms with Crippen LogP contribution in [0.4, 0.5) is 0 Å². The van der Waals surface area contributed by atoms with Gasteiger partial charge < -0.3 is 15.0 Å². The molecule has 1 aromatic heterocycles. The molecular weight excluding hydrogens is 344 g/mol. The predicted molar refractivity (Wildman–Crippen MR) is 98.6 cm³/mol. The van der Waals surface area contributed by atoms with Gasteiger partial charge in [-0.2, -0.15) is 11.3 Å². The van der Waals surface area contributed by atoms with Crippen LogP contribution in [0.25, 0.3) is 0 Å². The molecule has 0 radical (unpaired) electrons. The van der Waals surface area contributed by atoms with E-state index in [0.717, 1.165) is 26.2 Å². The van der Waals surface area contributed by atoms with Gasteiger partial charge in [0.15, 0.2) is 0 Å². The molecule has 6 heteroatoms. The van der Waals surface area contributed by atoms with Gasteiger partial charge in [-0.1, -0.05) is 0 Å². The molecule has 1 spiro atoms. The Hall–Kier alpha value is -0.620. The Morgan fingerprint density at radius 2 is 2.17 bits per heavy atom. The van der Waals surface area contributed by atoms with Crippen LogP contribution in [0.2, 0.25) is 0 Å². The molecule has 1 atom stereocenters. The highest BCUT2D eigenvalue weighted by Crippen LogP contribution is 2.56. The van der Waals surface area contributed by atoms with Crippen LogP contribution >= 0.6 is 23.7 Å². The Kier molecular flexibility index (Phi) is 5.85. The van der Waals surface area contributed by atoms with Gasteiger partial charge in [-0.3, -0.25) is 4.79 Å². The van der Waals surface area contributed by atoms with E-state index in [9.17, 15) is 4.79 Å². The van der Waals surface area contributed by atoms with E-state index in [1.165, 1.54) is 37.7 Å². The summed E-state index contributed by atoms with van der Waals surface area (Å²) in [5.74, 6) is 0.891. The van der Waals surface area contributed by atoms with Crippen LogP contribution in [-0.4, -0.2) is 43.2 Å². The van der Waals surface area contributed by atoms with Gasteiger partial charge in [0.05, 0.1) is 6.61 Å². The first-order chi connectivity index (χ1) is 11.3. The van der Waals surface area contributed by atoms with Crippen LogP contribution in [0, 0.1) is 11.3 Å². The van der Waals surface area contributed by atoms with Gasteiger partial charge in [-0.15, -0.1) is 12.4 Å². The number of rotatable bonds is 7. The van der Waals surface area contributed by atoms with E-state index in [1.54, 1.807) is 11.3 Å². The molecule has 1 unspecified atom stereocenters. The van der Waals surface area contributed by atoms with Crippen molar-refractivity contribution in [2.75, 3.05) is 26.3 Å². The van der Waals surface area contributed by atoms with E-state index in [2.05, 4.69) is 27.0 Å². The largest absolute Gasteiger partial charge is 0.371 e. The Bertz CT molecular complexity index is 541. The summed E-state index contributed by atoms with van der Waals surface area (Å²) >= 11 is 1.70. The molecule has 0 aromatic carbocycles. The van der Waals surface area contributed by atoms with E-state index in [1.807, 2.05) is 0 Å². The average molecular weight is 371 g/mol. The summed E-state index contributed by atoms with van der Waals surface area (Å²) < 4.78 is 5.67. The molecule has 1 N–H and O–H groups in total. The van der Waals surface area contributed by atoms with E-state index in [-0.39, 0.29) is 24.9 Å². The molecule has 24 heavy (non-hydrogen) atoms. The molecule has 2 aliphatic carbocycles. The van der Waals surface area contributed by atoms with Crippen molar-refractivity contribution in [3.05, 3.63) is 22.4 Å². The summed E-state index contributed by atoms with van der Waals surface area (Å²) in [7, 11) is 0. The fourth-order valence-electron chi connectivity index (χ4n) is 3.86. The summed E-state index contributed by atoms with van der Waals surface area (Å²) in [6.45, 7) is 3.95. The highest BCUT2D eigenvalue weighted by Gasteiger charge is 2.57. The minimum Gasteiger partial charge on any atom is -0.371 e. The molecule has 3 fully saturated rings. The fourth-order valence-corrected chi connectivity index (χ4v) is 4.52. The third-order valence-corrected chi connectivity index (χ3v) is 6.38. The van der Waals surface area contributed by atoms with Crippen LogP contribution in [0.1, 0.15) is 37.7 Å². The summed E-state index contributed by atoms with van der Waals surface area (Å²) in [6.07, 6.45) is 6.12.